The molecule has 4 rings (SSSR count). The fourth-order valence-corrected chi connectivity index (χ4v) is 4.75. The van der Waals surface area contributed by atoms with Crippen molar-refractivity contribution in [2.24, 2.45) is 5.92 Å². The molecule has 0 spiro atoms. The number of ketones is 1. The highest BCUT2D eigenvalue weighted by Gasteiger charge is 2.44. The van der Waals surface area contributed by atoms with Crippen LogP contribution in [-0.4, -0.2) is 28.9 Å². The molecule has 0 radical (unpaired) electrons. The topological polar surface area (TPSA) is 46.6 Å². The summed E-state index contributed by atoms with van der Waals surface area (Å²) in [4.78, 5) is 27.6. The molecule has 2 aliphatic rings. The van der Waals surface area contributed by atoms with Crippen LogP contribution in [0.4, 0.5) is 13.6 Å². The first-order valence-electron chi connectivity index (χ1n) is 10.4. The zero-order valence-electron chi connectivity index (χ0n) is 16.9. The molecule has 0 aliphatic carbocycles. The third-order valence-electron chi connectivity index (χ3n) is 6.28. The van der Waals surface area contributed by atoms with Gasteiger partial charge in [-0.15, -0.1) is 0 Å². The second kappa shape index (κ2) is 8.54. The number of carbonyl (C=O) groups is 2. The molecule has 158 valence electrons. The normalized spacial score (nSPS) is 23.2. The molecular formula is C24H25F2NO3. The van der Waals surface area contributed by atoms with Gasteiger partial charge in [0.2, 0.25) is 0 Å². The summed E-state index contributed by atoms with van der Waals surface area (Å²) in [5, 5.41) is 0. The summed E-state index contributed by atoms with van der Waals surface area (Å²) >= 11 is 0. The van der Waals surface area contributed by atoms with Crippen molar-refractivity contribution in [2.75, 3.05) is 0 Å². The number of amides is 1. The molecule has 2 saturated heterocycles. The van der Waals surface area contributed by atoms with Gasteiger partial charge in [-0.25, -0.2) is 13.6 Å². The minimum absolute atomic E-state index is 0.0583. The van der Waals surface area contributed by atoms with Crippen molar-refractivity contribution in [1.82, 2.24) is 4.90 Å². The highest BCUT2D eigenvalue weighted by molar-refractivity contribution is 5.98. The van der Waals surface area contributed by atoms with Crippen LogP contribution in [-0.2, 0) is 11.3 Å². The number of hydrogen-bond acceptors (Lipinski definition) is 3. The van der Waals surface area contributed by atoms with Gasteiger partial charge in [0.1, 0.15) is 18.2 Å². The Morgan fingerprint density at radius 2 is 1.70 bits per heavy atom. The Bertz CT molecular complexity index is 933. The molecule has 6 heteroatoms. The first kappa shape index (κ1) is 20.5. The van der Waals surface area contributed by atoms with Crippen molar-refractivity contribution in [3.63, 3.8) is 0 Å². The Morgan fingerprint density at radius 3 is 2.37 bits per heavy atom. The zero-order chi connectivity index (χ0) is 21.3. The maximum Gasteiger partial charge on any atom is 0.410 e. The van der Waals surface area contributed by atoms with Crippen molar-refractivity contribution in [3.05, 3.63) is 70.8 Å². The second-order valence-electron chi connectivity index (χ2n) is 8.30. The number of carbonyl (C=O) groups excluding carboxylic acids is 2. The van der Waals surface area contributed by atoms with E-state index in [1.165, 1.54) is 13.0 Å². The molecule has 0 saturated carbocycles. The van der Waals surface area contributed by atoms with Crippen LogP contribution in [0.15, 0.2) is 42.5 Å². The standard InChI is InChI=1S/C24H25F2NO3/c1-15-10-20(22(26)13-21(15)25)23(28)17-11-18-8-5-9-19(12-17)27(18)24(29)30-14-16-6-3-2-4-7-16/h2-4,6-7,10,13,17-19H,5,8-9,11-12,14H2,1H3. The number of piperidine rings is 2. The molecule has 2 bridgehead atoms. The average Bonchev–Trinajstić information content (AvgIpc) is 2.74. The van der Waals surface area contributed by atoms with Gasteiger partial charge < -0.3 is 9.64 Å². The van der Waals surface area contributed by atoms with Gasteiger partial charge in [0.05, 0.1) is 5.56 Å². The number of rotatable bonds is 4. The van der Waals surface area contributed by atoms with E-state index in [2.05, 4.69) is 0 Å². The lowest BCUT2D eigenvalue weighted by atomic mass is 9.75. The van der Waals surface area contributed by atoms with E-state index in [0.717, 1.165) is 30.9 Å². The Hall–Kier alpha value is -2.76. The van der Waals surface area contributed by atoms with E-state index < -0.39 is 11.6 Å². The lowest BCUT2D eigenvalue weighted by molar-refractivity contribution is 0.00464. The average molecular weight is 413 g/mol. The molecule has 2 unspecified atom stereocenters. The fourth-order valence-electron chi connectivity index (χ4n) is 4.75. The third-order valence-corrected chi connectivity index (χ3v) is 6.28. The minimum atomic E-state index is -0.821. The van der Waals surface area contributed by atoms with Crippen LogP contribution in [0, 0.1) is 24.5 Å². The molecular weight excluding hydrogens is 388 g/mol. The van der Waals surface area contributed by atoms with Gasteiger partial charge in [-0.1, -0.05) is 30.3 Å². The van der Waals surface area contributed by atoms with Gasteiger partial charge in [0.25, 0.3) is 0 Å². The Labute approximate surface area is 174 Å². The molecule has 2 fully saturated rings. The number of aryl methyl sites for hydroxylation is 1. The number of fused-ring (bicyclic) bond motifs is 2. The van der Waals surface area contributed by atoms with E-state index in [-0.39, 0.29) is 47.6 Å². The van der Waals surface area contributed by atoms with E-state index >= 15 is 0 Å². The minimum Gasteiger partial charge on any atom is -0.445 e. The van der Waals surface area contributed by atoms with Crippen LogP contribution in [0.1, 0.15) is 53.6 Å². The largest absolute Gasteiger partial charge is 0.445 e. The number of hydrogen-bond donors (Lipinski definition) is 0. The molecule has 2 atom stereocenters. The smallest absolute Gasteiger partial charge is 0.410 e. The predicted octanol–water partition coefficient (Wildman–Crippen LogP) is 5.43. The van der Waals surface area contributed by atoms with Crippen molar-refractivity contribution in [1.29, 1.82) is 0 Å². The molecule has 1 amide bonds. The molecule has 2 heterocycles. The van der Waals surface area contributed by atoms with Gasteiger partial charge in [-0.05, 0) is 56.2 Å². The van der Waals surface area contributed by atoms with Crippen LogP contribution in [0.3, 0.4) is 0 Å². The zero-order valence-corrected chi connectivity index (χ0v) is 16.9. The number of benzene rings is 2. The third kappa shape index (κ3) is 4.09. The van der Waals surface area contributed by atoms with Gasteiger partial charge >= 0.3 is 6.09 Å². The highest BCUT2D eigenvalue weighted by Crippen LogP contribution is 2.39. The summed E-state index contributed by atoms with van der Waals surface area (Å²) in [7, 11) is 0. The second-order valence-corrected chi connectivity index (χ2v) is 8.30. The number of Topliss-reactive ketones (excluding diaryl/α,β-unsaturated/α-hetero) is 1. The van der Waals surface area contributed by atoms with Gasteiger partial charge in [-0.3, -0.25) is 4.79 Å². The Balaban J connectivity index is 1.46. The first-order chi connectivity index (χ1) is 14.4. The summed E-state index contributed by atoms with van der Waals surface area (Å²) in [6.45, 7) is 1.73. The van der Waals surface area contributed by atoms with Crippen LogP contribution in [0.5, 0.6) is 0 Å². The highest BCUT2D eigenvalue weighted by atomic mass is 19.1. The Kier molecular flexibility index (Phi) is 5.84. The predicted molar refractivity (Wildman–Crippen MR) is 108 cm³/mol. The SMILES string of the molecule is Cc1cc(C(=O)C2CC3CCCC(C2)N3C(=O)OCc2ccccc2)c(F)cc1F. The van der Waals surface area contributed by atoms with E-state index in [1.54, 1.807) is 4.90 Å². The van der Waals surface area contributed by atoms with E-state index in [0.29, 0.717) is 12.8 Å². The lowest BCUT2D eigenvalue weighted by Crippen LogP contribution is -2.55. The molecule has 0 N–H and O–H groups in total. The van der Waals surface area contributed by atoms with Crippen LogP contribution >= 0.6 is 0 Å². The first-order valence-corrected chi connectivity index (χ1v) is 10.4. The van der Waals surface area contributed by atoms with Crippen molar-refractivity contribution in [3.8, 4) is 0 Å². The molecule has 2 aromatic carbocycles. The summed E-state index contributed by atoms with van der Waals surface area (Å²) in [5.41, 5.74) is 1.11. The summed E-state index contributed by atoms with van der Waals surface area (Å²) in [6.07, 6.45) is 3.18. The maximum atomic E-state index is 14.2. The molecule has 2 aromatic rings. The molecule has 2 aliphatic heterocycles. The lowest BCUT2D eigenvalue weighted by Gasteiger charge is -2.47. The maximum absolute atomic E-state index is 14.2. The quantitative estimate of drug-likeness (QED) is 0.629. The fraction of sp³-hybridized carbons (Fsp3) is 0.417. The summed E-state index contributed by atoms with van der Waals surface area (Å²) in [6, 6.07) is 11.4. The number of halogens is 2. The monoisotopic (exact) mass is 413 g/mol. The van der Waals surface area contributed by atoms with Crippen molar-refractivity contribution in [2.45, 2.75) is 57.7 Å². The Morgan fingerprint density at radius 1 is 1.03 bits per heavy atom. The van der Waals surface area contributed by atoms with Crippen molar-refractivity contribution < 1.29 is 23.1 Å². The van der Waals surface area contributed by atoms with Crippen LogP contribution in [0.25, 0.3) is 0 Å². The van der Waals surface area contributed by atoms with Gasteiger partial charge in [0.15, 0.2) is 5.78 Å². The summed E-state index contributed by atoms with van der Waals surface area (Å²) < 4.78 is 33.4. The van der Waals surface area contributed by atoms with Gasteiger partial charge in [-0.2, -0.15) is 0 Å². The molecule has 30 heavy (non-hydrogen) atoms. The number of ether oxygens (including phenoxy) is 1. The van der Waals surface area contributed by atoms with E-state index in [9.17, 15) is 18.4 Å². The summed E-state index contributed by atoms with van der Waals surface area (Å²) in [5.74, 6) is -2.16. The number of nitrogens with zero attached hydrogens (tertiary/aromatic N) is 1. The molecule has 0 aromatic heterocycles. The van der Waals surface area contributed by atoms with Crippen LogP contribution in [0.2, 0.25) is 0 Å². The van der Waals surface area contributed by atoms with Gasteiger partial charge in [0, 0.05) is 24.1 Å². The van der Waals surface area contributed by atoms with E-state index in [4.69, 9.17) is 4.74 Å². The van der Waals surface area contributed by atoms with Crippen molar-refractivity contribution >= 4 is 11.9 Å². The van der Waals surface area contributed by atoms with Crippen LogP contribution < -0.4 is 0 Å². The van der Waals surface area contributed by atoms with E-state index in [1.807, 2.05) is 30.3 Å². The molecule has 4 nitrogen and oxygen atoms in total.